The van der Waals surface area contributed by atoms with E-state index in [1.165, 1.54) is 23.1 Å². The molecule has 0 saturated carbocycles. The number of benzene rings is 1. The minimum absolute atomic E-state index is 0.0661. The van der Waals surface area contributed by atoms with Crippen LogP contribution in [-0.4, -0.2) is 19.7 Å². The van der Waals surface area contributed by atoms with E-state index in [-0.39, 0.29) is 17.1 Å². The lowest BCUT2D eigenvalue weighted by Gasteiger charge is -2.25. The highest BCUT2D eigenvalue weighted by molar-refractivity contribution is 5.52. The number of nitro benzene ring substituents is 1. The summed E-state index contributed by atoms with van der Waals surface area (Å²) in [5.41, 5.74) is 6.52. The molecule has 0 bridgehead atoms. The van der Waals surface area contributed by atoms with Crippen molar-refractivity contribution < 1.29 is 4.92 Å². The Morgan fingerprint density at radius 3 is 3.05 bits per heavy atom. The average Bonchev–Trinajstić information content (AvgIpc) is 2.93. The van der Waals surface area contributed by atoms with Crippen molar-refractivity contribution in [2.45, 2.75) is 6.04 Å². The fourth-order valence-corrected chi connectivity index (χ4v) is 2.22. The van der Waals surface area contributed by atoms with E-state index in [0.717, 1.165) is 0 Å². The van der Waals surface area contributed by atoms with Crippen molar-refractivity contribution >= 4 is 11.6 Å². The molecule has 0 amide bonds. The van der Waals surface area contributed by atoms with E-state index < -0.39 is 11.0 Å². The van der Waals surface area contributed by atoms with Crippen LogP contribution in [0.3, 0.4) is 0 Å². The normalized spacial score (nSPS) is 16.8. The van der Waals surface area contributed by atoms with Crippen molar-refractivity contribution in [1.82, 2.24) is 14.8 Å². The summed E-state index contributed by atoms with van der Waals surface area (Å²) in [4.78, 5) is 14.4. The zero-order chi connectivity index (χ0) is 15.0. The molecule has 0 radical (unpaired) electrons. The number of nitriles is 1. The van der Waals surface area contributed by atoms with Crippen LogP contribution in [0.4, 0.5) is 11.6 Å². The fraction of sp³-hybridized carbons (Fsp3) is 0.0833. The molecule has 104 valence electrons. The molecular weight excluding hydrogens is 274 g/mol. The van der Waals surface area contributed by atoms with Crippen LogP contribution in [0.5, 0.6) is 0 Å². The number of aromatic nitrogens is 3. The molecule has 9 nitrogen and oxygen atoms in total. The lowest BCUT2D eigenvalue weighted by atomic mass is 9.98. The highest BCUT2D eigenvalue weighted by Crippen LogP contribution is 2.33. The van der Waals surface area contributed by atoms with Crippen molar-refractivity contribution in [3.05, 3.63) is 57.7 Å². The number of nitrogens with zero attached hydrogens (tertiary/aromatic N) is 5. The molecule has 1 aromatic carbocycles. The zero-order valence-electron chi connectivity index (χ0n) is 10.6. The van der Waals surface area contributed by atoms with E-state index in [1.807, 2.05) is 6.07 Å². The average molecular weight is 283 g/mol. The fourth-order valence-electron chi connectivity index (χ4n) is 2.22. The number of nitro groups is 1. The number of nitrogens with two attached hydrogens (primary N) is 1. The van der Waals surface area contributed by atoms with Crippen LogP contribution in [0.1, 0.15) is 11.6 Å². The smallest absolute Gasteiger partial charge is 0.269 e. The van der Waals surface area contributed by atoms with Gasteiger partial charge in [-0.05, 0) is 5.56 Å². The number of anilines is 1. The molecule has 1 atom stereocenters. The van der Waals surface area contributed by atoms with Crippen LogP contribution in [0.15, 0.2) is 42.0 Å². The Labute approximate surface area is 118 Å². The van der Waals surface area contributed by atoms with E-state index in [2.05, 4.69) is 15.4 Å². The number of non-ortho nitro benzene ring substituents is 1. The first-order valence-electron chi connectivity index (χ1n) is 5.92. The Morgan fingerprint density at radius 2 is 2.33 bits per heavy atom. The summed E-state index contributed by atoms with van der Waals surface area (Å²) in [5.74, 6) is 0.539. The van der Waals surface area contributed by atoms with Gasteiger partial charge in [-0.25, -0.2) is 4.68 Å². The quantitative estimate of drug-likeness (QED) is 0.617. The third-order valence-corrected chi connectivity index (χ3v) is 3.14. The Balaban J connectivity index is 2.19. The lowest BCUT2D eigenvalue weighted by Crippen LogP contribution is -2.28. The van der Waals surface area contributed by atoms with Gasteiger partial charge in [-0.1, -0.05) is 12.1 Å². The lowest BCUT2D eigenvalue weighted by molar-refractivity contribution is -0.384. The molecule has 1 aliphatic heterocycles. The van der Waals surface area contributed by atoms with Crippen LogP contribution in [0, 0.1) is 21.4 Å². The van der Waals surface area contributed by atoms with Gasteiger partial charge in [0.25, 0.3) is 5.69 Å². The van der Waals surface area contributed by atoms with Gasteiger partial charge in [0.05, 0.1) is 10.5 Å². The van der Waals surface area contributed by atoms with Gasteiger partial charge in [-0.15, -0.1) is 0 Å². The molecule has 3 rings (SSSR count). The molecule has 1 unspecified atom stereocenters. The number of hydrogen-bond acceptors (Lipinski definition) is 7. The van der Waals surface area contributed by atoms with Crippen molar-refractivity contribution in [2.24, 2.45) is 5.73 Å². The second-order valence-corrected chi connectivity index (χ2v) is 4.35. The molecule has 3 N–H and O–H groups in total. The molecule has 21 heavy (non-hydrogen) atoms. The zero-order valence-corrected chi connectivity index (χ0v) is 10.6. The Morgan fingerprint density at radius 1 is 1.52 bits per heavy atom. The third kappa shape index (κ3) is 1.95. The molecular formula is C12H9N7O2. The predicted molar refractivity (Wildman–Crippen MR) is 71.7 cm³/mol. The van der Waals surface area contributed by atoms with E-state index in [1.54, 1.807) is 12.1 Å². The first-order chi connectivity index (χ1) is 10.1. The van der Waals surface area contributed by atoms with Gasteiger partial charge < -0.3 is 11.1 Å². The molecule has 2 aromatic rings. The molecule has 1 aliphatic rings. The van der Waals surface area contributed by atoms with Gasteiger partial charge >= 0.3 is 0 Å². The molecule has 2 heterocycles. The van der Waals surface area contributed by atoms with E-state index in [4.69, 9.17) is 5.73 Å². The monoisotopic (exact) mass is 283 g/mol. The van der Waals surface area contributed by atoms with Crippen LogP contribution in [-0.2, 0) is 0 Å². The van der Waals surface area contributed by atoms with Gasteiger partial charge in [0, 0.05) is 12.1 Å². The van der Waals surface area contributed by atoms with Crippen molar-refractivity contribution in [2.75, 3.05) is 5.32 Å². The minimum Gasteiger partial charge on any atom is -0.384 e. The summed E-state index contributed by atoms with van der Waals surface area (Å²) in [6.07, 6.45) is 1.32. The summed E-state index contributed by atoms with van der Waals surface area (Å²) >= 11 is 0. The van der Waals surface area contributed by atoms with Crippen molar-refractivity contribution in [3.8, 4) is 6.07 Å². The van der Waals surface area contributed by atoms with Crippen LogP contribution >= 0.6 is 0 Å². The maximum atomic E-state index is 10.9. The largest absolute Gasteiger partial charge is 0.384 e. The van der Waals surface area contributed by atoms with Gasteiger partial charge in [0.1, 0.15) is 24.3 Å². The standard InChI is InChI=1S/C12H9N7O2/c13-5-9-10(7-2-1-3-8(4-7)19(20)21)18-12(15-6-16-18)17-11(9)14/h1-4,6,10H,14H2,(H,15,16,17). The summed E-state index contributed by atoms with van der Waals surface area (Å²) in [6, 6.07) is 7.38. The first-order valence-corrected chi connectivity index (χ1v) is 5.92. The number of nitrogens with one attached hydrogen (secondary N) is 1. The SMILES string of the molecule is N#CC1=C(N)Nc2ncnn2C1c1cccc([N+](=O)[O-])c1. The summed E-state index contributed by atoms with van der Waals surface area (Å²) in [5, 5.41) is 27.0. The van der Waals surface area contributed by atoms with Gasteiger partial charge in [0.15, 0.2) is 0 Å². The van der Waals surface area contributed by atoms with E-state index in [0.29, 0.717) is 11.5 Å². The molecule has 9 heteroatoms. The maximum Gasteiger partial charge on any atom is 0.269 e. The number of rotatable bonds is 2. The van der Waals surface area contributed by atoms with Crippen molar-refractivity contribution in [1.29, 1.82) is 5.26 Å². The second-order valence-electron chi connectivity index (χ2n) is 4.35. The topological polar surface area (TPSA) is 136 Å². The van der Waals surface area contributed by atoms with Crippen LogP contribution < -0.4 is 11.1 Å². The maximum absolute atomic E-state index is 10.9. The minimum atomic E-state index is -0.645. The molecule has 1 aromatic heterocycles. The Kier molecular flexibility index (Phi) is 2.77. The molecule has 0 fully saturated rings. The van der Waals surface area contributed by atoms with E-state index in [9.17, 15) is 15.4 Å². The number of allylic oxidation sites excluding steroid dienone is 1. The van der Waals surface area contributed by atoms with Crippen molar-refractivity contribution in [3.63, 3.8) is 0 Å². The summed E-state index contributed by atoms with van der Waals surface area (Å²) in [7, 11) is 0. The van der Waals surface area contributed by atoms with Gasteiger partial charge in [-0.3, -0.25) is 10.1 Å². The predicted octanol–water partition coefficient (Wildman–Crippen LogP) is 0.895. The van der Waals surface area contributed by atoms with Crippen LogP contribution in [0.2, 0.25) is 0 Å². The molecule has 0 saturated heterocycles. The van der Waals surface area contributed by atoms with Crippen LogP contribution in [0.25, 0.3) is 0 Å². The summed E-state index contributed by atoms with van der Waals surface area (Å²) in [6.45, 7) is 0. The number of fused-ring (bicyclic) bond motifs is 1. The highest BCUT2D eigenvalue weighted by Gasteiger charge is 2.30. The molecule has 0 spiro atoms. The highest BCUT2D eigenvalue weighted by atomic mass is 16.6. The van der Waals surface area contributed by atoms with E-state index >= 15 is 0 Å². The first kappa shape index (κ1) is 12.6. The number of hydrogen-bond donors (Lipinski definition) is 2. The summed E-state index contributed by atoms with van der Waals surface area (Å²) < 4.78 is 1.47. The second kappa shape index (κ2) is 4.61. The van der Waals surface area contributed by atoms with Gasteiger partial charge in [0.2, 0.25) is 5.95 Å². The molecule has 0 aliphatic carbocycles. The Bertz CT molecular complexity index is 802. The Hall–Kier alpha value is -3.41. The third-order valence-electron chi connectivity index (χ3n) is 3.14. The van der Waals surface area contributed by atoms with Gasteiger partial charge in [-0.2, -0.15) is 15.3 Å².